The average Bonchev–Trinajstić information content (AvgIpc) is 2.70. The normalized spacial score (nSPS) is 16.7. The molecule has 27 heavy (non-hydrogen) atoms. The Balaban J connectivity index is 1.48. The van der Waals surface area contributed by atoms with Gasteiger partial charge in [0.2, 0.25) is 5.91 Å². The third-order valence-corrected chi connectivity index (χ3v) is 5.45. The van der Waals surface area contributed by atoms with Crippen molar-refractivity contribution in [2.75, 3.05) is 37.1 Å². The molecule has 1 saturated heterocycles. The van der Waals surface area contributed by atoms with Gasteiger partial charge < -0.3 is 20.1 Å². The summed E-state index contributed by atoms with van der Waals surface area (Å²) in [5, 5.41) is 6.33. The Kier molecular flexibility index (Phi) is 7.56. The van der Waals surface area contributed by atoms with Crippen molar-refractivity contribution in [1.82, 2.24) is 5.32 Å². The number of hydrogen-bond donors (Lipinski definition) is 2. The minimum atomic E-state index is 0.0373. The van der Waals surface area contributed by atoms with Gasteiger partial charge in [-0.2, -0.15) is 11.8 Å². The number of thioether (sulfide) groups is 1. The lowest BCUT2D eigenvalue weighted by molar-refractivity contribution is -0.116. The van der Waals surface area contributed by atoms with Crippen LogP contribution in [0.3, 0.4) is 0 Å². The Morgan fingerprint density at radius 1 is 1.15 bits per heavy atom. The van der Waals surface area contributed by atoms with E-state index in [1.807, 2.05) is 60.3 Å². The van der Waals surface area contributed by atoms with Crippen LogP contribution in [0.5, 0.6) is 11.5 Å². The van der Waals surface area contributed by atoms with Crippen molar-refractivity contribution in [3.8, 4) is 11.5 Å². The van der Waals surface area contributed by atoms with E-state index < -0.39 is 0 Å². The van der Waals surface area contributed by atoms with Gasteiger partial charge in [-0.05, 0) is 48.4 Å². The third-order valence-electron chi connectivity index (χ3n) is 4.32. The molecule has 144 valence electrons. The molecule has 2 aromatic rings. The van der Waals surface area contributed by atoms with Crippen molar-refractivity contribution in [2.24, 2.45) is 0 Å². The van der Waals surface area contributed by atoms with Gasteiger partial charge in [0, 0.05) is 43.3 Å². The molecule has 0 spiro atoms. The van der Waals surface area contributed by atoms with Crippen molar-refractivity contribution in [2.45, 2.75) is 18.9 Å². The molecular formula is C21H26N2O3S. The summed E-state index contributed by atoms with van der Waals surface area (Å²) in [6.07, 6.45) is 1.39. The van der Waals surface area contributed by atoms with Crippen molar-refractivity contribution in [3.63, 3.8) is 0 Å². The summed E-state index contributed by atoms with van der Waals surface area (Å²) in [4.78, 5) is 12.2. The van der Waals surface area contributed by atoms with E-state index in [2.05, 4.69) is 10.6 Å². The molecule has 1 heterocycles. The third kappa shape index (κ3) is 6.57. The van der Waals surface area contributed by atoms with E-state index in [0.29, 0.717) is 13.0 Å². The van der Waals surface area contributed by atoms with E-state index in [9.17, 15) is 4.79 Å². The second-order valence-electron chi connectivity index (χ2n) is 6.49. The minimum Gasteiger partial charge on any atom is -0.457 e. The largest absolute Gasteiger partial charge is 0.457 e. The summed E-state index contributed by atoms with van der Waals surface area (Å²) in [5.74, 6) is 3.67. The van der Waals surface area contributed by atoms with Crippen LogP contribution in [-0.2, 0) is 16.0 Å². The van der Waals surface area contributed by atoms with Crippen LogP contribution in [-0.4, -0.2) is 43.7 Å². The fraction of sp³-hybridized carbons (Fsp3) is 0.381. The molecule has 0 aromatic heterocycles. The molecule has 0 saturated carbocycles. The molecule has 1 atom stereocenters. The number of amides is 1. The number of hydrogen-bond acceptors (Lipinski definition) is 5. The van der Waals surface area contributed by atoms with E-state index in [4.69, 9.17) is 9.47 Å². The van der Waals surface area contributed by atoms with Crippen LogP contribution in [0.1, 0.15) is 12.0 Å². The van der Waals surface area contributed by atoms with Gasteiger partial charge in [-0.3, -0.25) is 4.79 Å². The summed E-state index contributed by atoms with van der Waals surface area (Å²) in [7, 11) is 1.70. The van der Waals surface area contributed by atoms with Crippen LogP contribution in [0.25, 0.3) is 0 Å². The summed E-state index contributed by atoms with van der Waals surface area (Å²) in [6, 6.07) is 15.7. The highest BCUT2D eigenvalue weighted by Crippen LogP contribution is 2.23. The number of anilines is 1. The Hall–Kier alpha value is -2.02. The number of nitrogens with one attached hydrogen (secondary N) is 2. The monoisotopic (exact) mass is 386 g/mol. The molecule has 0 radical (unpaired) electrons. The van der Waals surface area contributed by atoms with Crippen LogP contribution in [0.15, 0.2) is 48.5 Å². The van der Waals surface area contributed by atoms with Gasteiger partial charge in [-0.15, -0.1) is 0 Å². The molecule has 2 N–H and O–H groups in total. The first-order valence-electron chi connectivity index (χ1n) is 9.20. The number of benzene rings is 2. The Bertz CT molecular complexity index is 713. The lowest BCUT2D eigenvalue weighted by atomic mass is 10.1. The molecule has 3 rings (SSSR count). The lowest BCUT2D eigenvalue weighted by Crippen LogP contribution is -2.39. The number of carbonyl (C=O) groups is 1. The maximum atomic E-state index is 12.2. The smallest absolute Gasteiger partial charge is 0.225 e. The van der Waals surface area contributed by atoms with Gasteiger partial charge in [0.1, 0.15) is 11.5 Å². The number of ether oxygens (including phenoxy) is 2. The first kappa shape index (κ1) is 19.7. The summed E-state index contributed by atoms with van der Waals surface area (Å²) < 4.78 is 10.9. The van der Waals surface area contributed by atoms with E-state index >= 15 is 0 Å². The zero-order valence-corrected chi connectivity index (χ0v) is 16.4. The molecule has 5 nitrogen and oxygen atoms in total. The molecule has 0 aliphatic carbocycles. The highest BCUT2D eigenvalue weighted by Gasteiger charge is 2.16. The first-order chi connectivity index (χ1) is 13.2. The summed E-state index contributed by atoms with van der Waals surface area (Å²) in [5.41, 5.74) is 2.00. The maximum absolute atomic E-state index is 12.2. The molecule has 1 aliphatic rings. The molecule has 1 amide bonds. The van der Waals surface area contributed by atoms with Crippen molar-refractivity contribution < 1.29 is 14.3 Å². The van der Waals surface area contributed by atoms with Crippen LogP contribution in [0, 0.1) is 0 Å². The number of rotatable bonds is 8. The average molecular weight is 387 g/mol. The van der Waals surface area contributed by atoms with E-state index in [-0.39, 0.29) is 11.9 Å². The van der Waals surface area contributed by atoms with Gasteiger partial charge in [-0.25, -0.2) is 0 Å². The SMILES string of the molecule is COCCc1ccc(Oc2ccc(NC(=O)CC3CSCCN3)cc2)cc1. The van der Waals surface area contributed by atoms with Crippen molar-refractivity contribution in [3.05, 3.63) is 54.1 Å². The molecule has 2 aromatic carbocycles. The predicted molar refractivity (Wildman–Crippen MR) is 111 cm³/mol. The van der Waals surface area contributed by atoms with E-state index in [0.717, 1.165) is 41.7 Å². The fourth-order valence-corrected chi connectivity index (χ4v) is 3.82. The molecule has 1 unspecified atom stereocenters. The van der Waals surface area contributed by atoms with Crippen molar-refractivity contribution in [1.29, 1.82) is 0 Å². The van der Waals surface area contributed by atoms with Gasteiger partial charge >= 0.3 is 0 Å². The Morgan fingerprint density at radius 2 is 1.85 bits per heavy atom. The zero-order valence-electron chi connectivity index (χ0n) is 15.6. The standard InChI is InChI=1S/C21H26N2O3S/c1-25-12-10-16-2-6-19(7-3-16)26-20-8-4-17(5-9-20)23-21(24)14-18-15-27-13-11-22-18/h2-9,18,22H,10-15H2,1H3,(H,23,24). The van der Waals surface area contributed by atoms with Crippen LogP contribution in [0.2, 0.25) is 0 Å². The summed E-state index contributed by atoms with van der Waals surface area (Å²) in [6.45, 7) is 1.69. The quantitative estimate of drug-likeness (QED) is 0.724. The molecule has 1 fully saturated rings. The van der Waals surface area contributed by atoms with Crippen LogP contribution in [0.4, 0.5) is 5.69 Å². The van der Waals surface area contributed by atoms with Gasteiger partial charge in [0.05, 0.1) is 6.61 Å². The second-order valence-corrected chi connectivity index (χ2v) is 7.64. The molecular weight excluding hydrogens is 360 g/mol. The lowest BCUT2D eigenvalue weighted by Gasteiger charge is -2.22. The van der Waals surface area contributed by atoms with Gasteiger partial charge in [0.15, 0.2) is 0 Å². The second kappa shape index (κ2) is 10.3. The fourth-order valence-electron chi connectivity index (χ4n) is 2.87. The minimum absolute atomic E-state index is 0.0373. The van der Waals surface area contributed by atoms with Crippen molar-refractivity contribution >= 4 is 23.4 Å². The predicted octanol–water partition coefficient (Wildman–Crippen LogP) is 3.70. The first-order valence-corrected chi connectivity index (χ1v) is 10.3. The highest BCUT2D eigenvalue weighted by molar-refractivity contribution is 7.99. The topological polar surface area (TPSA) is 59.6 Å². The van der Waals surface area contributed by atoms with Crippen LogP contribution < -0.4 is 15.4 Å². The maximum Gasteiger partial charge on any atom is 0.225 e. The van der Waals surface area contributed by atoms with Gasteiger partial charge in [-0.1, -0.05) is 12.1 Å². The number of carbonyl (C=O) groups excluding carboxylic acids is 1. The molecule has 0 bridgehead atoms. The van der Waals surface area contributed by atoms with E-state index in [1.165, 1.54) is 5.56 Å². The van der Waals surface area contributed by atoms with Gasteiger partial charge in [0.25, 0.3) is 0 Å². The summed E-state index contributed by atoms with van der Waals surface area (Å²) >= 11 is 1.89. The zero-order chi connectivity index (χ0) is 18.9. The molecule has 1 aliphatic heterocycles. The highest BCUT2D eigenvalue weighted by atomic mass is 32.2. The van der Waals surface area contributed by atoms with E-state index in [1.54, 1.807) is 7.11 Å². The molecule has 6 heteroatoms. The Labute approximate surface area is 164 Å². The van der Waals surface area contributed by atoms with Crippen LogP contribution >= 0.6 is 11.8 Å². The Morgan fingerprint density at radius 3 is 2.48 bits per heavy atom. The number of methoxy groups -OCH3 is 1.